The summed E-state index contributed by atoms with van der Waals surface area (Å²) in [5.41, 5.74) is 11.8. The van der Waals surface area contributed by atoms with Crippen molar-refractivity contribution in [3.8, 4) is 6.07 Å². The first-order valence-corrected chi connectivity index (χ1v) is 15.8. The standard InChI is InChI=1S/C39H46N2.ClH/c1-4-5-6-11-23-39(29-40,35-20-17-30(2)31(3)28-35)24-12-25-41-26-21-34(22-27-41)38-36-15-9-7-13-32(36)18-19-33-14-8-10-16-37(33)38;/h7-10,13-20,28H,4-6,11-12,21-27H2,1-3H3;1H. The van der Waals surface area contributed by atoms with Crippen LogP contribution in [0.2, 0.25) is 0 Å². The largest absolute Gasteiger partial charge is 0.303 e. The molecule has 0 spiro atoms. The summed E-state index contributed by atoms with van der Waals surface area (Å²) in [6.07, 6.45) is 14.6. The lowest BCUT2D eigenvalue weighted by Gasteiger charge is -2.32. The summed E-state index contributed by atoms with van der Waals surface area (Å²) in [5, 5.41) is 10.6. The number of halogens is 1. The molecule has 3 heteroatoms. The maximum atomic E-state index is 10.6. The molecule has 1 unspecified atom stereocenters. The van der Waals surface area contributed by atoms with Crippen molar-refractivity contribution >= 4 is 30.1 Å². The minimum absolute atomic E-state index is 0. The van der Waals surface area contributed by atoms with Crippen LogP contribution in [0.4, 0.5) is 0 Å². The van der Waals surface area contributed by atoms with Crippen LogP contribution in [-0.2, 0) is 5.41 Å². The third-order valence-corrected chi connectivity index (χ3v) is 9.52. The topological polar surface area (TPSA) is 27.0 Å². The van der Waals surface area contributed by atoms with Gasteiger partial charge in [0.2, 0.25) is 0 Å². The summed E-state index contributed by atoms with van der Waals surface area (Å²) in [4.78, 5) is 2.64. The predicted molar refractivity (Wildman–Crippen MR) is 182 cm³/mol. The molecule has 2 aliphatic rings. The average molecular weight is 579 g/mol. The fourth-order valence-electron chi connectivity index (χ4n) is 6.83. The summed E-state index contributed by atoms with van der Waals surface area (Å²) < 4.78 is 0. The van der Waals surface area contributed by atoms with E-state index in [1.165, 1.54) is 63.8 Å². The highest BCUT2D eigenvalue weighted by Gasteiger charge is 2.32. The van der Waals surface area contributed by atoms with Crippen LogP contribution in [0.5, 0.6) is 0 Å². The lowest BCUT2D eigenvalue weighted by Crippen LogP contribution is -2.33. The number of benzene rings is 3. The minimum Gasteiger partial charge on any atom is -0.303 e. The zero-order valence-electron chi connectivity index (χ0n) is 25.8. The van der Waals surface area contributed by atoms with E-state index in [-0.39, 0.29) is 17.8 Å². The van der Waals surface area contributed by atoms with Gasteiger partial charge in [-0.2, -0.15) is 5.26 Å². The number of rotatable bonds is 10. The normalized spacial score (nSPS) is 16.0. The molecule has 0 amide bonds. The number of nitrogens with zero attached hydrogens (tertiary/aromatic N) is 2. The van der Waals surface area contributed by atoms with E-state index in [0.717, 1.165) is 58.2 Å². The maximum absolute atomic E-state index is 10.6. The van der Waals surface area contributed by atoms with Gasteiger partial charge in [0.15, 0.2) is 0 Å². The highest BCUT2D eigenvalue weighted by atomic mass is 35.5. The van der Waals surface area contributed by atoms with Crippen LogP contribution >= 0.6 is 12.4 Å². The quantitative estimate of drug-likeness (QED) is 0.175. The Kier molecular flexibility index (Phi) is 11.3. The van der Waals surface area contributed by atoms with Crippen LogP contribution in [-0.4, -0.2) is 24.5 Å². The van der Waals surface area contributed by atoms with Gasteiger partial charge in [0, 0.05) is 13.1 Å². The molecule has 1 aliphatic carbocycles. The van der Waals surface area contributed by atoms with Crippen LogP contribution in [0.3, 0.4) is 0 Å². The number of piperidine rings is 1. The maximum Gasteiger partial charge on any atom is 0.0823 e. The van der Waals surface area contributed by atoms with Crippen molar-refractivity contribution in [2.45, 2.75) is 84.0 Å². The van der Waals surface area contributed by atoms with E-state index in [2.05, 4.69) is 111 Å². The number of fused-ring (bicyclic) bond motifs is 2. The van der Waals surface area contributed by atoms with Crippen molar-refractivity contribution in [2.75, 3.05) is 19.6 Å². The van der Waals surface area contributed by atoms with E-state index in [0.29, 0.717) is 0 Å². The number of unbranched alkanes of at least 4 members (excludes halogenated alkanes) is 3. The van der Waals surface area contributed by atoms with Gasteiger partial charge in [-0.3, -0.25) is 0 Å². The van der Waals surface area contributed by atoms with Crippen molar-refractivity contribution in [3.05, 3.63) is 111 Å². The summed E-state index contributed by atoms with van der Waals surface area (Å²) in [6, 6.07) is 27.3. The van der Waals surface area contributed by atoms with E-state index in [1.54, 1.807) is 5.57 Å². The number of nitriles is 1. The van der Waals surface area contributed by atoms with E-state index < -0.39 is 0 Å². The zero-order chi connectivity index (χ0) is 28.7. The number of hydrogen-bond acceptors (Lipinski definition) is 2. The van der Waals surface area contributed by atoms with Crippen molar-refractivity contribution in [1.29, 1.82) is 5.26 Å². The van der Waals surface area contributed by atoms with E-state index in [1.807, 2.05) is 0 Å². The lowest BCUT2D eigenvalue weighted by molar-refractivity contribution is 0.243. The van der Waals surface area contributed by atoms with Crippen molar-refractivity contribution in [3.63, 3.8) is 0 Å². The Balaban J connectivity index is 0.00000405. The first-order chi connectivity index (χ1) is 20.0. The molecular formula is C39H47ClN2. The molecular weight excluding hydrogens is 532 g/mol. The summed E-state index contributed by atoms with van der Waals surface area (Å²) in [5.74, 6) is 0. The van der Waals surface area contributed by atoms with E-state index in [4.69, 9.17) is 0 Å². The second-order valence-corrected chi connectivity index (χ2v) is 12.2. The monoisotopic (exact) mass is 578 g/mol. The summed E-state index contributed by atoms with van der Waals surface area (Å²) in [6.45, 7) is 9.86. The van der Waals surface area contributed by atoms with Crippen LogP contribution in [0.1, 0.15) is 104 Å². The summed E-state index contributed by atoms with van der Waals surface area (Å²) >= 11 is 0. The van der Waals surface area contributed by atoms with Crippen molar-refractivity contribution < 1.29 is 0 Å². The van der Waals surface area contributed by atoms with Gasteiger partial charge >= 0.3 is 0 Å². The summed E-state index contributed by atoms with van der Waals surface area (Å²) in [7, 11) is 0. The first-order valence-electron chi connectivity index (χ1n) is 15.8. The molecule has 220 valence electrons. The average Bonchev–Trinajstić information content (AvgIpc) is 3.17. The van der Waals surface area contributed by atoms with Crippen LogP contribution in [0.15, 0.2) is 72.3 Å². The second kappa shape index (κ2) is 14.9. The third kappa shape index (κ3) is 7.08. The number of aryl methyl sites for hydroxylation is 2. The van der Waals surface area contributed by atoms with Crippen LogP contribution in [0.25, 0.3) is 17.7 Å². The molecule has 0 aromatic heterocycles. The fourth-order valence-corrected chi connectivity index (χ4v) is 6.83. The number of likely N-dealkylation sites (tertiary alicyclic amines) is 1. The van der Waals surface area contributed by atoms with Crippen LogP contribution in [0, 0.1) is 25.2 Å². The molecule has 3 aromatic carbocycles. The second-order valence-electron chi connectivity index (χ2n) is 12.2. The van der Waals surface area contributed by atoms with Gasteiger partial charge in [-0.25, -0.2) is 0 Å². The SMILES string of the molecule is CCCCCCC(C#N)(CCCN1CCC(=C2c3ccccc3C=Cc3ccccc32)CC1)c1ccc(C)c(C)c1.Cl. The lowest BCUT2D eigenvalue weighted by atomic mass is 9.73. The van der Waals surface area contributed by atoms with Gasteiger partial charge in [0.25, 0.3) is 0 Å². The van der Waals surface area contributed by atoms with E-state index >= 15 is 0 Å². The van der Waals surface area contributed by atoms with Gasteiger partial charge in [0.1, 0.15) is 0 Å². The van der Waals surface area contributed by atoms with Gasteiger partial charge in [-0.15, -0.1) is 12.4 Å². The first kappa shape index (κ1) is 31.8. The molecule has 1 atom stereocenters. The Morgan fingerprint density at radius 1 is 0.762 bits per heavy atom. The molecule has 3 aromatic rings. The van der Waals surface area contributed by atoms with Gasteiger partial charge in [0.05, 0.1) is 11.5 Å². The number of hydrogen-bond donors (Lipinski definition) is 0. The minimum atomic E-state index is -0.379. The highest BCUT2D eigenvalue weighted by molar-refractivity contribution is 5.94. The Morgan fingerprint density at radius 2 is 1.38 bits per heavy atom. The Labute approximate surface area is 260 Å². The van der Waals surface area contributed by atoms with Gasteiger partial charge in [-0.05, 0) is 97.0 Å². The van der Waals surface area contributed by atoms with Gasteiger partial charge in [-0.1, -0.05) is 117 Å². The van der Waals surface area contributed by atoms with Crippen molar-refractivity contribution in [2.24, 2.45) is 0 Å². The molecule has 0 saturated carbocycles. The Morgan fingerprint density at radius 3 is 1.98 bits per heavy atom. The van der Waals surface area contributed by atoms with Crippen molar-refractivity contribution in [1.82, 2.24) is 4.90 Å². The fraction of sp³-hybridized carbons (Fsp3) is 0.410. The molecule has 1 heterocycles. The molecule has 1 fully saturated rings. The molecule has 42 heavy (non-hydrogen) atoms. The molecule has 1 aliphatic heterocycles. The predicted octanol–water partition coefficient (Wildman–Crippen LogP) is 10.3. The molecule has 0 radical (unpaired) electrons. The third-order valence-electron chi connectivity index (χ3n) is 9.52. The molecule has 5 rings (SSSR count). The Bertz CT molecular complexity index is 1400. The highest BCUT2D eigenvalue weighted by Crippen LogP contribution is 2.39. The molecule has 0 N–H and O–H groups in total. The van der Waals surface area contributed by atoms with Gasteiger partial charge < -0.3 is 4.90 Å². The molecule has 1 saturated heterocycles. The Hall–Kier alpha value is -3.12. The van der Waals surface area contributed by atoms with E-state index in [9.17, 15) is 5.26 Å². The zero-order valence-corrected chi connectivity index (χ0v) is 26.6. The molecule has 2 nitrogen and oxygen atoms in total. The van der Waals surface area contributed by atoms with Crippen LogP contribution < -0.4 is 0 Å². The molecule has 0 bridgehead atoms. The smallest absolute Gasteiger partial charge is 0.0823 e.